The Labute approximate surface area is 135 Å². The first-order valence-electron chi connectivity index (χ1n) is 6.46. The number of hydrogen-bond donors (Lipinski definition) is 2. The molecule has 0 saturated carbocycles. The van der Waals surface area contributed by atoms with Gasteiger partial charge in [-0.2, -0.15) is 0 Å². The van der Waals surface area contributed by atoms with Gasteiger partial charge in [0.15, 0.2) is 11.5 Å². The molecule has 1 aromatic carbocycles. The molecule has 0 aliphatic carbocycles. The lowest BCUT2D eigenvalue weighted by molar-refractivity contribution is 0.128. The summed E-state index contributed by atoms with van der Waals surface area (Å²) in [6.45, 7) is 1.65. The van der Waals surface area contributed by atoms with E-state index in [-0.39, 0.29) is 0 Å². The van der Waals surface area contributed by atoms with E-state index < -0.39 is 6.23 Å². The van der Waals surface area contributed by atoms with Crippen molar-refractivity contribution in [3.63, 3.8) is 0 Å². The van der Waals surface area contributed by atoms with E-state index in [1.807, 2.05) is 18.2 Å². The highest BCUT2D eigenvalue weighted by atomic mass is 127. The first kappa shape index (κ1) is 14.2. The first-order chi connectivity index (χ1) is 10.0. The average molecular weight is 395 g/mol. The Kier molecular flexibility index (Phi) is 3.77. The topological polar surface area (TPSA) is 89.8 Å². The minimum Gasteiger partial charge on any atom is -0.382 e. The molecule has 6 nitrogen and oxygen atoms in total. The van der Waals surface area contributed by atoms with Crippen molar-refractivity contribution in [2.75, 3.05) is 5.73 Å². The molecular weight excluding hydrogens is 381 g/mol. The summed E-state index contributed by atoms with van der Waals surface area (Å²) in [6.07, 6.45) is 1.40. The fourth-order valence-corrected chi connectivity index (χ4v) is 2.77. The smallest absolute Gasteiger partial charge is 0.167 e. The summed E-state index contributed by atoms with van der Waals surface area (Å²) in [4.78, 5) is 12.9. The van der Waals surface area contributed by atoms with Crippen LogP contribution in [0.25, 0.3) is 11.2 Å². The van der Waals surface area contributed by atoms with E-state index in [9.17, 15) is 5.11 Å². The lowest BCUT2D eigenvalue weighted by Crippen LogP contribution is -2.07. The molecular formula is C14H14IN5O. The Bertz CT molecular complexity index is 799. The number of aliphatic hydroxyl groups is 1. The molecule has 108 valence electrons. The second-order valence-electron chi connectivity index (χ2n) is 4.79. The van der Waals surface area contributed by atoms with Crippen molar-refractivity contribution in [2.45, 2.75) is 19.6 Å². The van der Waals surface area contributed by atoms with Crippen molar-refractivity contribution < 1.29 is 5.11 Å². The summed E-state index contributed by atoms with van der Waals surface area (Å²) in [7, 11) is 0. The molecule has 0 aliphatic rings. The van der Waals surface area contributed by atoms with Gasteiger partial charge in [-0.3, -0.25) is 4.57 Å². The Morgan fingerprint density at radius 3 is 2.90 bits per heavy atom. The number of rotatable bonds is 3. The largest absolute Gasteiger partial charge is 0.382 e. The van der Waals surface area contributed by atoms with Crippen molar-refractivity contribution in [3.05, 3.63) is 45.6 Å². The van der Waals surface area contributed by atoms with Crippen molar-refractivity contribution in [2.24, 2.45) is 0 Å². The van der Waals surface area contributed by atoms with Gasteiger partial charge in [-0.1, -0.05) is 12.1 Å². The fraction of sp³-hybridized carbons (Fsp3) is 0.214. The summed E-state index contributed by atoms with van der Waals surface area (Å²) < 4.78 is 2.74. The molecule has 3 rings (SSSR count). The van der Waals surface area contributed by atoms with E-state index >= 15 is 0 Å². The highest BCUT2D eigenvalue weighted by Crippen LogP contribution is 2.20. The van der Waals surface area contributed by atoms with Gasteiger partial charge in [-0.05, 0) is 47.2 Å². The number of anilines is 1. The van der Waals surface area contributed by atoms with Gasteiger partial charge in [0.2, 0.25) is 0 Å². The third-order valence-corrected chi connectivity index (χ3v) is 3.82. The Balaban J connectivity index is 2.05. The predicted octanol–water partition coefficient (Wildman–Crippen LogP) is 2.11. The molecule has 0 radical (unpaired) electrons. The average Bonchev–Trinajstić information content (AvgIpc) is 2.83. The van der Waals surface area contributed by atoms with Gasteiger partial charge in [-0.25, -0.2) is 15.0 Å². The van der Waals surface area contributed by atoms with Crippen LogP contribution in [0.5, 0.6) is 0 Å². The van der Waals surface area contributed by atoms with E-state index in [1.54, 1.807) is 11.5 Å². The van der Waals surface area contributed by atoms with E-state index in [0.29, 0.717) is 29.2 Å². The number of nitrogens with two attached hydrogens (primary N) is 1. The standard InChI is InChI=1S/C14H14IN5O/c1-8(21)20-7-17-12-13(16)18-11(19-14(12)20)6-9-3-2-4-10(15)5-9/h2-5,7-8,21H,6H2,1H3,(H2,16,18,19). The predicted molar refractivity (Wildman–Crippen MR) is 88.6 cm³/mol. The highest BCUT2D eigenvalue weighted by molar-refractivity contribution is 14.1. The SMILES string of the molecule is CC(O)n1cnc2c(N)nc(Cc3cccc(I)c3)nc21. The number of fused-ring (bicyclic) bond motifs is 1. The molecule has 0 aliphatic heterocycles. The molecule has 1 unspecified atom stereocenters. The van der Waals surface area contributed by atoms with Crippen LogP contribution >= 0.6 is 22.6 Å². The Hall–Kier alpha value is -1.74. The minimum atomic E-state index is -0.713. The van der Waals surface area contributed by atoms with Crippen LogP contribution < -0.4 is 5.73 Å². The number of aliphatic hydroxyl groups excluding tert-OH is 1. The summed E-state index contributed by atoms with van der Waals surface area (Å²) >= 11 is 2.27. The van der Waals surface area contributed by atoms with E-state index in [0.717, 1.165) is 9.13 Å². The van der Waals surface area contributed by atoms with Crippen molar-refractivity contribution in [1.29, 1.82) is 0 Å². The number of aromatic nitrogens is 4. The summed E-state index contributed by atoms with van der Waals surface area (Å²) in [5.41, 5.74) is 8.13. The molecule has 2 aromatic heterocycles. The quantitative estimate of drug-likeness (QED) is 0.664. The second-order valence-corrected chi connectivity index (χ2v) is 6.03. The van der Waals surface area contributed by atoms with Crippen molar-refractivity contribution in [1.82, 2.24) is 19.5 Å². The molecule has 0 fully saturated rings. The summed E-state index contributed by atoms with van der Waals surface area (Å²) in [6, 6.07) is 8.14. The molecule has 3 aromatic rings. The number of imidazole rings is 1. The molecule has 2 heterocycles. The maximum atomic E-state index is 9.74. The fourth-order valence-electron chi connectivity index (χ4n) is 2.17. The van der Waals surface area contributed by atoms with E-state index in [4.69, 9.17) is 5.73 Å². The lowest BCUT2D eigenvalue weighted by atomic mass is 10.1. The van der Waals surface area contributed by atoms with Gasteiger partial charge in [-0.15, -0.1) is 0 Å². The Morgan fingerprint density at radius 1 is 1.38 bits per heavy atom. The van der Waals surface area contributed by atoms with Crippen LogP contribution in [0.15, 0.2) is 30.6 Å². The number of hydrogen-bond acceptors (Lipinski definition) is 5. The maximum Gasteiger partial charge on any atom is 0.167 e. The van der Waals surface area contributed by atoms with E-state index in [2.05, 4.69) is 43.6 Å². The maximum absolute atomic E-state index is 9.74. The van der Waals surface area contributed by atoms with Crippen LogP contribution in [-0.4, -0.2) is 24.6 Å². The molecule has 0 bridgehead atoms. The van der Waals surface area contributed by atoms with Crippen LogP contribution in [0.3, 0.4) is 0 Å². The van der Waals surface area contributed by atoms with Gasteiger partial charge in [0.05, 0.1) is 6.33 Å². The third kappa shape index (κ3) is 2.84. The van der Waals surface area contributed by atoms with Crippen LogP contribution in [0.1, 0.15) is 24.5 Å². The van der Waals surface area contributed by atoms with Crippen molar-refractivity contribution >= 4 is 39.6 Å². The van der Waals surface area contributed by atoms with Gasteiger partial charge in [0.1, 0.15) is 17.6 Å². The molecule has 0 spiro atoms. The van der Waals surface area contributed by atoms with Crippen LogP contribution in [0, 0.1) is 3.57 Å². The summed E-state index contributed by atoms with van der Waals surface area (Å²) in [5, 5.41) is 9.74. The highest BCUT2D eigenvalue weighted by Gasteiger charge is 2.13. The number of nitrogen functional groups attached to an aromatic ring is 1. The number of benzene rings is 1. The van der Waals surface area contributed by atoms with E-state index in [1.165, 1.54) is 6.33 Å². The third-order valence-electron chi connectivity index (χ3n) is 3.15. The number of halogens is 1. The zero-order valence-corrected chi connectivity index (χ0v) is 13.5. The van der Waals surface area contributed by atoms with Crippen LogP contribution in [0.4, 0.5) is 5.82 Å². The first-order valence-corrected chi connectivity index (χ1v) is 7.54. The van der Waals surface area contributed by atoms with Crippen LogP contribution in [-0.2, 0) is 6.42 Å². The molecule has 7 heteroatoms. The molecule has 0 saturated heterocycles. The lowest BCUT2D eigenvalue weighted by Gasteiger charge is -2.08. The summed E-state index contributed by atoms with van der Waals surface area (Å²) in [5.74, 6) is 0.949. The van der Waals surface area contributed by atoms with Gasteiger partial charge in [0, 0.05) is 9.99 Å². The monoisotopic (exact) mass is 395 g/mol. The second kappa shape index (κ2) is 5.57. The molecule has 3 N–H and O–H groups in total. The number of nitrogens with zero attached hydrogens (tertiary/aromatic N) is 4. The molecule has 21 heavy (non-hydrogen) atoms. The zero-order chi connectivity index (χ0) is 15.0. The zero-order valence-electron chi connectivity index (χ0n) is 11.4. The normalized spacial score (nSPS) is 12.7. The van der Waals surface area contributed by atoms with Gasteiger partial charge >= 0.3 is 0 Å². The minimum absolute atomic E-state index is 0.333. The van der Waals surface area contributed by atoms with Crippen LogP contribution in [0.2, 0.25) is 0 Å². The molecule has 0 amide bonds. The van der Waals surface area contributed by atoms with Crippen molar-refractivity contribution in [3.8, 4) is 0 Å². The van der Waals surface area contributed by atoms with Gasteiger partial charge < -0.3 is 10.8 Å². The van der Waals surface area contributed by atoms with Gasteiger partial charge in [0.25, 0.3) is 0 Å². The molecule has 1 atom stereocenters. The Morgan fingerprint density at radius 2 is 2.19 bits per heavy atom.